The van der Waals surface area contributed by atoms with Crippen molar-refractivity contribution in [3.05, 3.63) is 42.1 Å². The van der Waals surface area contributed by atoms with Crippen LogP contribution in [-0.4, -0.2) is 11.5 Å². The Morgan fingerprint density at radius 1 is 1.29 bits per heavy atom. The van der Waals surface area contributed by atoms with Crippen molar-refractivity contribution in [3.63, 3.8) is 0 Å². The third kappa shape index (κ3) is 3.30. The van der Waals surface area contributed by atoms with E-state index in [1.54, 1.807) is 0 Å². The van der Waals surface area contributed by atoms with Crippen LogP contribution in [0.1, 0.15) is 18.9 Å². The molecule has 0 atom stereocenters. The molecule has 0 amide bonds. The zero-order valence-electron chi connectivity index (χ0n) is 10.0. The molecule has 0 aliphatic heterocycles. The largest absolute Gasteiger partial charge is 0.312 e. The van der Waals surface area contributed by atoms with Gasteiger partial charge in [-0.05, 0) is 30.7 Å². The van der Waals surface area contributed by atoms with Gasteiger partial charge in [0.25, 0.3) is 0 Å². The zero-order valence-corrected chi connectivity index (χ0v) is 10.0. The van der Waals surface area contributed by atoms with Gasteiger partial charge in [0.2, 0.25) is 0 Å². The van der Waals surface area contributed by atoms with Crippen molar-refractivity contribution in [1.82, 2.24) is 10.3 Å². The first-order chi connectivity index (χ1) is 8.40. The number of nitrogens with one attached hydrogen (secondary N) is 1. The predicted molar refractivity (Wildman–Crippen MR) is 71.5 cm³/mol. The first-order valence-electron chi connectivity index (χ1n) is 5.84. The van der Waals surface area contributed by atoms with Gasteiger partial charge in [-0.2, -0.15) is 0 Å². The molecule has 1 N–H and O–H groups in total. The predicted octanol–water partition coefficient (Wildman–Crippen LogP) is 2.74. The number of fused-ring (bicyclic) bond motifs is 1. The Bertz CT molecular complexity index is 549. The summed E-state index contributed by atoms with van der Waals surface area (Å²) in [4.78, 5) is 4.30. The standard InChI is InChI=1S/C15H16N2/c1-2-3-4-9-16-12-13-7-8-15-14(11-13)6-5-10-17-15/h5-8,10-11,16H,4,9,12H2,1H3. The average Bonchev–Trinajstić information content (AvgIpc) is 2.38. The molecule has 0 fully saturated rings. The molecule has 1 aromatic carbocycles. The molecule has 2 heteroatoms. The number of benzene rings is 1. The van der Waals surface area contributed by atoms with Crippen molar-refractivity contribution in [3.8, 4) is 11.8 Å². The lowest BCUT2D eigenvalue weighted by Gasteiger charge is -2.04. The summed E-state index contributed by atoms with van der Waals surface area (Å²) in [5.41, 5.74) is 2.34. The highest BCUT2D eigenvalue weighted by atomic mass is 14.8. The van der Waals surface area contributed by atoms with E-state index in [2.05, 4.69) is 46.4 Å². The highest BCUT2D eigenvalue weighted by Gasteiger charge is 1.96. The van der Waals surface area contributed by atoms with Gasteiger partial charge in [0.05, 0.1) is 5.52 Å². The van der Waals surface area contributed by atoms with Crippen molar-refractivity contribution in [2.75, 3.05) is 6.54 Å². The maximum absolute atomic E-state index is 4.30. The minimum Gasteiger partial charge on any atom is -0.312 e. The van der Waals surface area contributed by atoms with Gasteiger partial charge in [-0.3, -0.25) is 4.98 Å². The van der Waals surface area contributed by atoms with Crippen LogP contribution in [0.15, 0.2) is 36.5 Å². The Morgan fingerprint density at radius 2 is 2.24 bits per heavy atom. The van der Waals surface area contributed by atoms with E-state index in [-0.39, 0.29) is 0 Å². The summed E-state index contributed by atoms with van der Waals surface area (Å²) in [5, 5.41) is 4.57. The van der Waals surface area contributed by atoms with Crippen molar-refractivity contribution < 1.29 is 0 Å². The Labute approximate surface area is 102 Å². The number of aromatic nitrogens is 1. The molecule has 2 rings (SSSR count). The first-order valence-corrected chi connectivity index (χ1v) is 5.84. The molecule has 0 spiro atoms. The molecule has 17 heavy (non-hydrogen) atoms. The Kier molecular flexibility index (Phi) is 4.12. The lowest BCUT2D eigenvalue weighted by atomic mass is 10.1. The first kappa shape index (κ1) is 11.6. The Morgan fingerprint density at radius 3 is 3.12 bits per heavy atom. The fourth-order valence-electron chi connectivity index (χ4n) is 1.74. The number of pyridine rings is 1. The SMILES string of the molecule is CC#CCCNCc1ccc2ncccc2c1. The molecule has 1 aromatic heterocycles. The summed E-state index contributed by atoms with van der Waals surface area (Å²) < 4.78 is 0. The van der Waals surface area contributed by atoms with Crippen LogP contribution in [-0.2, 0) is 6.54 Å². The summed E-state index contributed by atoms with van der Waals surface area (Å²) in [5.74, 6) is 5.93. The molecule has 0 saturated heterocycles. The van der Waals surface area contributed by atoms with Gasteiger partial charge in [-0.25, -0.2) is 0 Å². The second-order valence-corrected chi connectivity index (χ2v) is 3.88. The maximum atomic E-state index is 4.30. The number of rotatable bonds is 4. The monoisotopic (exact) mass is 224 g/mol. The summed E-state index contributed by atoms with van der Waals surface area (Å²) >= 11 is 0. The van der Waals surface area contributed by atoms with E-state index >= 15 is 0 Å². The van der Waals surface area contributed by atoms with Crippen LogP contribution in [0.3, 0.4) is 0 Å². The minimum absolute atomic E-state index is 0.885. The lowest BCUT2D eigenvalue weighted by molar-refractivity contribution is 0.702. The van der Waals surface area contributed by atoms with Crippen molar-refractivity contribution in [1.29, 1.82) is 0 Å². The fraction of sp³-hybridized carbons (Fsp3) is 0.267. The van der Waals surface area contributed by atoms with Gasteiger partial charge < -0.3 is 5.32 Å². The average molecular weight is 224 g/mol. The molecule has 0 radical (unpaired) electrons. The van der Waals surface area contributed by atoms with E-state index in [4.69, 9.17) is 0 Å². The highest BCUT2D eigenvalue weighted by molar-refractivity contribution is 5.78. The Hall–Kier alpha value is -1.85. The third-order valence-corrected chi connectivity index (χ3v) is 2.60. The molecule has 0 saturated carbocycles. The van der Waals surface area contributed by atoms with E-state index in [0.29, 0.717) is 0 Å². The van der Waals surface area contributed by atoms with Crippen LogP contribution in [0.2, 0.25) is 0 Å². The molecule has 86 valence electrons. The number of hydrogen-bond acceptors (Lipinski definition) is 2. The molecular formula is C15H16N2. The summed E-state index contributed by atoms with van der Waals surface area (Å²) in [6.07, 6.45) is 2.73. The van der Waals surface area contributed by atoms with Crippen molar-refractivity contribution >= 4 is 10.9 Å². The van der Waals surface area contributed by atoms with Crippen LogP contribution in [0, 0.1) is 11.8 Å². The van der Waals surface area contributed by atoms with Gasteiger partial charge in [0.1, 0.15) is 0 Å². The van der Waals surface area contributed by atoms with Crippen molar-refractivity contribution in [2.45, 2.75) is 19.9 Å². The molecule has 0 aliphatic carbocycles. The second kappa shape index (κ2) is 6.03. The quantitative estimate of drug-likeness (QED) is 0.638. The minimum atomic E-state index is 0.885. The van der Waals surface area contributed by atoms with Crippen LogP contribution < -0.4 is 5.32 Å². The summed E-state index contributed by atoms with van der Waals surface area (Å²) in [6, 6.07) is 10.4. The normalized spacial score (nSPS) is 9.94. The van der Waals surface area contributed by atoms with Crippen molar-refractivity contribution in [2.24, 2.45) is 0 Å². The van der Waals surface area contributed by atoms with E-state index in [0.717, 1.165) is 25.0 Å². The van der Waals surface area contributed by atoms with Gasteiger partial charge in [0.15, 0.2) is 0 Å². The van der Waals surface area contributed by atoms with E-state index < -0.39 is 0 Å². The number of hydrogen-bond donors (Lipinski definition) is 1. The molecule has 2 aromatic rings. The molecule has 1 heterocycles. The smallest absolute Gasteiger partial charge is 0.0702 e. The van der Waals surface area contributed by atoms with Gasteiger partial charge in [0, 0.05) is 31.1 Å². The van der Waals surface area contributed by atoms with E-state index in [9.17, 15) is 0 Å². The summed E-state index contributed by atoms with van der Waals surface area (Å²) in [7, 11) is 0. The molecular weight excluding hydrogens is 208 g/mol. The Balaban J connectivity index is 1.96. The molecule has 2 nitrogen and oxygen atoms in total. The highest BCUT2D eigenvalue weighted by Crippen LogP contribution is 2.12. The van der Waals surface area contributed by atoms with Crippen LogP contribution in [0.5, 0.6) is 0 Å². The topological polar surface area (TPSA) is 24.9 Å². The fourth-order valence-corrected chi connectivity index (χ4v) is 1.74. The van der Waals surface area contributed by atoms with E-state index in [1.165, 1.54) is 10.9 Å². The van der Waals surface area contributed by atoms with Gasteiger partial charge in [-0.15, -0.1) is 11.8 Å². The lowest BCUT2D eigenvalue weighted by Crippen LogP contribution is -2.14. The van der Waals surface area contributed by atoms with Gasteiger partial charge in [-0.1, -0.05) is 12.1 Å². The molecule has 0 unspecified atom stereocenters. The third-order valence-electron chi connectivity index (χ3n) is 2.60. The maximum Gasteiger partial charge on any atom is 0.0702 e. The van der Waals surface area contributed by atoms with E-state index in [1.807, 2.05) is 19.2 Å². The van der Waals surface area contributed by atoms with Crippen LogP contribution >= 0.6 is 0 Å². The second-order valence-electron chi connectivity index (χ2n) is 3.88. The summed E-state index contributed by atoms with van der Waals surface area (Å²) in [6.45, 7) is 3.69. The molecule has 0 aliphatic rings. The molecule has 0 bridgehead atoms. The van der Waals surface area contributed by atoms with Crippen LogP contribution in [0.25, 0.3) is 10.9 Å². The number of nitrogens with zero attached hydrogens (tertiary/aromatic N) is 1. The van der Waals surface area contributed by atoms with Crippen LogP contribution in [0.4, 0.5) is 0 Å². The van der Waals surface area contributed by atoms with Gasteiger partial charge >= 0.3 is 0 Å². The zero-order chi connectivity index (χ0) is 11.9.